The van der Waals surface area contributed by atoms with Gasteiger partial charge in [0.2, 0.25) is 0 Å². The van der Waals surface area contributed by atoms with Crippen molar-refractivity contribution < 1.29 is 0 Å². The molecule has 0 saturated heterocycles. The lowest BCUT2D eigenvalue weighted by Crippen LogP contribution is -2.33. The Kier molecular flexibility index (Phi) is 3.96. The van der Waals surface area contributed by atoms with E-state index in [0.717, 1.165) is 5.56 Å². The second kappa shape index (κ2) is 5.50. The van der Waals surface area contributed by atoms with Crippen LogP contribution in [-0.4, -0.2) is 14.8 Å². The number of hydrogen-bond donors (Lipinski definition) is 2. The molecular weight excluding hydrogens is 288 g/mol. The summed E-state index contributed by atoms with van der Waals surface area (Å²) in [7, 11) is 1.61. The lowest BCUT2D eigenvalue weighted by molar-refractivity contribution is 0.596. The Morgan fingerprint density at radius 2 is 2.21 bits per heavy atom. The van der Waals surface area contributed by atoms with Gasteiger partial charge in [0.1, 0.15) is 0 Å². The van der Waals surface area contributed by atoms with E-state index in [0.29, 0.717) is 21.6 Å². The van der Waals surface area contributed by atoms with Crippen molar-refractivity contribution in [2.45, 2.75) is 10.9 Å². The number of aromatic nitrogens is 3. The van der Waals surface area contributed by atoms with Crippen LogP contribution in [0.25, 0.3) is 0 Å². The zero-order valence-corrected chi connectivity index (χ0v) is 11.6. The third-order valence-corrected chi connectivity index (χ3v) is 3.82. The van der Waals surface area contributed by atoms with Crippen LogP contribution in [0.3, 0.4) is 0 Å². The third-order valence-electron chi connectivity index (χ3n) is 2.37. The molecule has 100 valence electrons. The number of halogens is 1. The molecule has 2 rings (SSSR count). The largest absolute Gasteiger partial charge is 0.399 e. The van der Waals surface area contributed by atoms with Crippen LogP contribution >= 0.6 is 23.4 Å². The predicted octanol–water partition coefficient (Wildman–Crippen LogP) is 0.996. The van der Waals surface area contributed by atoms with Gasteiger partial charge in [-0.05, 0) is 23.8 Å². The molecule has 0 amide bonds. The average molecular weight is 299 g/mol. The average Bonchev–Trinajstić information content (AvgIpc) is 2.36. The molecule has 6 nitrogen and oxygen atoms in total. The SMILES string of the molecule is Cn1[nH]c(=O)c(=O)nc1SCc1cc(N)ccc1Cl. The van der Waals surface area contributed by atoms with Crippen LogP contribution in [0.2, 0.25) is 5.02 Å². The van der Waals surface area contributed by atoms with Gasteiger partial charge in [-0.2, -0.15) is 4.98 Å². The van der Waals surface area contributed by atoms with Gasteiger partial charge in [-0.1, -0.05) is 23.4 Å². The minimum absolute atomic E-state index is 0.406. The van der Waals surface area contributed by atoms with E-state index >= 15 is 0 Å². The lowest BCUT2D eigenvalue weighted by Gasteiger charge is -2.07. The number of aryl methyl sites for hydroxylation is 1. The van der Waals surface area contributed by atoms with Gasteiger partial charge in [0.25, 0.3) is 0 Å². The minimum atomic E-state index is -0.806. The van der Waals surface area contributed by atoms with Crippen molar-refractivity contribution in [3.05, 3.63) is 49.5 Å². The highest BCUT2D eigenvalue weighted by atomic mass is 35.5. The molecule has 0 radical (unpaired) electrons. The Balaban J connectivity index is 2.23. The van der Waals surface area contributed by atoms with Crippen molar-refractivity contribution in [1.29, 1.82) is 0 Å². The standard InChI is InChI=1S/C11H11ClN4O2S/c1-16-11(14-9(17)10(18)15-16)19-5-6-4-7(13)2-3-8(6)12/h2-4H,5,13H2,1H3,(H,15,18). The zero-order valence-electron chi connectivity index (χ0n) is 10.0. The van der Waals surface area contributed by atoms with E-state index in [4.69, 9.17) is 17.3 Å². The smallest absolute Gasteiger partial charge is 0.339 e. The predicted molar refractivity (Wildman–Crippen MR) is 75.5 cm³/mol. The van der Waals surface area contributed by atoms with Gasteiger partial charge in [-0.25, -0.2) is 0 Å². The van der Waals surface area contributed by atoms with Crippen LogP contribution < -0.4 is 16.9 Å². The Morgan fingerprint density at radius 3 is 2.95 bits per heavy atom. The molecule has 0 aliphatic heterocycles. The zero-order chi connectivity index (χ0) is 14.0. The quantitative estimate of drug-likeness (QED) is 0.501. The first kappa shape index (κ1) is 13.7. The topological polar surface area (TPSA) is 93.8 Å². The van der Waals surface area contributed by atoms with E-state index in [1.165, 1.54) is 16.4 Å². The summed E-state index contributed by atoms with van der Waals surface area (Å²) in [6.07, 6.45) is 0. The van der Waals surface area contributed by atoms with Crippen LogP contribution in [0.1, 0.15) is 5.56 Å². The van der Waals surface area contributed by atoms with Crippen LogP contribution in [0.4, 0.5) is 5.69 Å². The number of nitrogens with two attached hydrogens (primary N) is 1. The Morgan fingerprint density at radius 1 is 1.47 bits per heavy atom. The normalized spacial score (nSPS) is 10.6. The van der Waals surface area contributed by atoms with E-state index in [2.05, 4.69) is 10.1 Å². The third kappa shape index (κ3) is 3.18. The number of aromatic amines is 1. The molecule has 8 heteroatoms. The lowest BCUT2D eigenvalue weighted by atomic mass is 10.2. The van der Waals surface area contributed by atoms with E-state index in [1.807, 2.05) is 0 Å². The van der Waals surface area contributed by atoms with Gasteiger partial charge in [-0.3, -0.25) is 19.4 Å². The summed E-state index contributed by atoms with van der Waals surface area (Å²) in [5.74, 6) is 0.496. The van der Waals surface area contributed by atoms with Crippen LogP contribution in [-0.2, 0) is 12.8 Å². The summed E-state index contributed by atoms with van der Waals surface area (Å²) < 4.78 is 1.40. The maximum atomic E-state index is 11.2. The number of nitrogen functional groups attached to an aromatic ring is 1. The van der Waals surface area contributed by atoms with Gasteiger partial charge in [0.15, 0.2) is 5.16 Å². The summed E-state index contributed by atoms with van der Waals surface area (Å²) in [6.45, 7) is 0. The molecule has 0 saturated carbocycles. The van der Waals surface area contributed by atoms with Gasteiger partial charge >= 0.3 is 11.1 Å². The summed E-state index contributed by atoms with van der Waals surface area (Å²) in [5.41, 5.74) is 5.59. The minimum Gasteiger partial charge on any atom is -0.399 e. The molecule has 0 fully saturated rings. The summed E-state index contributed by atoms with van der Waals surface area (Å²) >= 11 is 7.33. The number of thioether (sulfide) groups is 1. The Labute approximate surface area is 117 Å². The van der Waals surface area contributed by atoms with E-state index < -0.39 is 11.1 Å². The second-order valence-corrected chi connectivity index (χ2v) is 5.19. The number of nitrogens with one attached hydrogen (secondary N) is 1. The fourth-order valence-corrected chi connectivity index (χ4v) is 2.61. The number of hydrogen-bond acceptors (Lipinski definition) is 5. The first-order valence-electron chi connectivity index (χ1n) is 5.31. The summed E-state index contributed by atoms with van der Waals surface area (Å²) in [4.78, 5) is 26.0. The molecule has 0 aliphatic carbocycles. The van der Waals surface area contributed by atoms with E-state index in [-0.39, 0.29) is 0 Å². The van der Waals surface area contributed by atoms with Crippen molar-refractivity contribution in [2.75, 3.05) is 5.73 Å². The fourth-order valence-electron chi connectivity index (χ4n) is 1.44. The highest BCUT2D eigenvalue weighted by molar-refractivity contribution is 7.98. The number of nitrogens with zero attached hydrogens (tertiary/aromatic N) is 2. The number of H-pyrrole nitrogens is 1. The van der Waals surface area contributed by atoms with Crippen molar-refractivity contribution in [3.8, 4) is 0 Å². The molecular formula is C11H11ClN4O2S. The molecule has 2 aromatic rings. The van der Waals surface area contributed by atoms with Crippen molar-refractivity contribution >= 4 is 29.1 Å². The van der Waals surface area contributed by atoms with Crippen LogP contribution in [0.15, 0.2) is 32.9 Å². The summed E-state index contributed by atoms with van der Waals surface area (Å²) in [6, 6.07) is 5.19. The first-order valence-corrected chi connectivity index (χ1v) is 6.68. The van der Waals surface area contributed by atoms with Crippen molar-refractivity contribution in [3.63, 3.8) is 0 Å². The maximum absolute atomic E-state index is 11.2. The van der Waals surface area contributed by atoms with Gasteiger partial charge in [0.05, 0.1) is 0 Å². The molecule has 0 aliphatic rings. The van der Waals surface area contributed by atoms with Crippen molar-refractivity contribution in [1.82, 2.24) is 14.8 Å². The number of benzene rings is 1. The molecule has 0 atom stereocenters. The molecule has 19 heavy (non-hydrogen) atoms. The maximum Gasteiger partial charge on any atom is 0.339 e. The molecule has 3 N–H and O–H groups in total. The Hall–Kier alpha value is -1.73. The highest BCUT2D eigenvalue weighted by Gasteiger charge is 2.07. The monoisotopic (exact) mass is 298 g/mol. The van der Waals surface area contributed by atoms with E-state index in [9.17, 15) is 9.59 Å². The highest BCUT2D eigenvalue weighted by Crippen LogP contribution is 2.26. The van der Waals surface area contributed by atoms with Crippen molar-refractivity contribution in [2.24, 2.45) is 7.05 Å². The van der Waals surface area contributed by atoms with E-state index in [1.54, 1.807) is 25.2 Å². The number of anilines is 1. The fraction of sp³-hybridized carbons (Fsp3) is 0.182. The summed E-state index contributed by atoms with van der Waals surface area (Å²) in [5, 5.41) is 3.38. The second-order valence-electron chi connectivity index (χ2n) is 3.84. The molecule has 1 aromatic carbocycles. The van der Waals surface area contributed by atoms with Gasteiger partial charge in [-0.15, -0.1) is 0 Å². The number of rotatable bonds is 3. The van der Waals surface area contributed by atoms with Crippen LogP contribution in [0.5, 0.6) is 0 Å². The molecule has 1 heterocycles. The van der Waals surface area contributed by atoms with Gasteiger partial charge < -0.3 is 5.73 Å². The molecule has 0 spiro atoms. The van der Waals surface area contributed by atoms with Crippen LogP contribution in [0, 0.1) is 0 Å². The molecule has 0 unspecified atom stereocenters. The molecule has 1 aromatic heterocycles. The Bertz CT molecular complexity index is 725. The molecule has 0 bridgehead atoms. The first-order chi connectivity index (χ1) is 8.97. The van der Waals surface area contributed by atoms with Gasteiger partial charge in [0, 0.05) is 23.5 Å².